The lowest BCUT2D eigenvalue weighted by Gasteiger charge is -2.33. The lowest BCUT2D eigenvalue weighted by molar-refractivity contribution is -0.139. The molecule has 2 fully saturated rings. The highest BCUT2D eigenvalue weighted by atomic mass is 32.2. The summed E-state index contributed by atoms with van der Waals surface area (Å²) in [5, 5.41) is 11.7. The maximum absolute atomic E-state index is 12.7. The molecule has 0 bridgehead atoms. The van der Waals surface area contributed by atoms with E-state index in [2.05, 4.69) is 27.9 Å². The van der Waals surface area contributed by atoms with Crippen LogP contribution in [0.5, 0.6) is 0 Å². The molecule has 2 aliphatic rings. The largest absolute Gasteiger partial charge is 0.411 e. The number of nitrogens with zero attached hydrogens (tertiary/aromatic N) is 3. The number of hydrazine groups is 1. The topological polar surface area (TPSA) is 117 Å². The SMILES string of the molecule is CC1CCC2(CC1)NC(=O)N(NC(=O)CSc1nnc(-c3ccccc3)o1)C2=O. The lowest BCUT2D eigenvalue weighted by atomic mass is 9.77. The molecule has 0 unspecified atom stereocenters. The van der Waals surface area contributed by atoms with Crippen molar-refractivity contribution in [3.8, 4) is 11.5 Å². The third-order valence-electron chi connectivity index (χ3n) is 5.28. The average molecular weight is 415 g/mol. The van der Waals surface area contributed by atoms with Crippen molar-refractivity contribution in [1.29, 1.82) is 0 Å². The zero-order valence-electron chi connectivity index (χ0n) is 15.9. The van der Waals surface area contributed by atoms with Crippen LogP contribution in [-0.4, -0.2) is 44.3 Å². The number of hydrogen-bond acceptors (Lipinski definition) is 7. The summed E-state index contributed by atoms with van der Waals surface area (Å²) in [5.41, 5.74) is 2.28. The molecule has 1 saturated carbocycles. The van der Waals surface area contributed by atoms with Crippen molar-refractivity contribution < 1.29 is 18.8 Å². The summed E-state index contributed by atoms with van der Waals surface area (Å²) >= 11 is 1.04. The second-order valence-corrected chi connectivity index (χ2v) is 8.32. The van der Waals surface area contributed by atoms with Crippen molar-refractivity contribution >= 4 is 29.6 Å². The number of hydrogen-bond donors (Lipinski definition) is 2. The molecule has 2 aromatic rings. The van der Waals surface area contributed by atoms with E-state index in [0.29, 0.717) is 24.7 Å². The van der Waals surface area contributed by atoms with Crippen LogP contribution in [0.2, 0.25) is 0 Å². The number of amides is 4. The van der Waals surface area contributed by atoms with Crippen LogP contribution in [0, 0.1) is 5.92 Å². The van der Waals surface area contributed by atoms with Gasteiger partial charge < -0.3 is 9.73 Å². The minimum absolute atomic E-state index is 0.0719. The average Bonchev–Trinajstić information content (AvgIpc) is 3.29. The van der Waals surface area contributed by atoms with Crippen LogP contribution >= 0.6 is 11.8 Å². The number of rotatable bonds is 5. The Balaban J connectivity index is 1.33. The highest BCUT2D eigenvalue weighted by Gasteiger charge is 2.52. The Morgan fingerprint density at radius 1 is 1.28 bits per heavy atom. The fraction of sp³-hybridized carbons (Fsp3) is 0.421. The van der Waals surface area contributed by atoms with Crippen LogP contribution < -0.4 is 10.7 Å². The smallest absolute Gasteiger partial charge is 0.344 e. The Kier molecular flexibility index (Phi) is 5.27. The van der Waals surface area contributed by atoms with Gasteiger partial charge in [-0.05, 0) is 43.7 Å². The van der Waals surface area contributed by atoms with Crippen molar-refractivity contribution in [2.75, 3.05) is 5.75 Å². The second kappa shape index (κ2) is 7.86. The van der Waals surface area contributed by atoms with Gasteiger partial charge in [0.2, 0.25) is 11.8 Å². The predicted octanol–water partition coefficient (Wildman–Crippen LogP) is 2.36. The van der Waals surface area contributed by atoms with Gasteiger partial charge in [-0.3, -0.25) is 15.0 Å². The molecule has 1 spiro atoms. The maximum atomic E-state index is 12.7. The molecule has 152 valence electrons. The van der Waals surface area contributed by atoms with Gasteiger partial charge in [0, 0.05) is 5.56 Å². The molecular formula is C19H21N5O4S. The quantitative estimate of drug-likeness (QED) is 0.568. The van der Waals surface area contributed by atoms with Crippen molar-refractivity contribution in [3.63, 3.8) is 0 Å². The standard InChI is InChI=1S/C19H21N5O4S/c1-12-7-9-19(10-8-12)16(26)24(17(27)20-19)23-14(25)11-29-18-22-21-15(28-18)13-5-3-2-4-6-13/h2-6,12H,7-11H2,1H3,(H,20,27)(H,23,25). The van der Waals surface area contributed by atoms with E-state index in [1.165, 1.54) is 0 Å². The summed E-state index contributed by atoms with van der Waals surface area (Å²) in [6, 6.07) is 8.69. The highest BCUT2D eigenvalue weighted by molar-refractivity contribution is 7.99. The maximum Gasteiger partial charge on any atom is 0.344 e. The first-order valence-electron chi connectivity index (χ1n) is 9.45. The molecular weight excluding hydrogens is 394 g/mol. The van der Waals surface area contributed by atoms with E-state index in [-0.39, 0.29) is 11.0 Å². The van der Waals surface area contributed by atoms with Gasteiger partial charge in [0.25, 0.3) is 11.1 Å². The fourth-order valence-electron chi connectivity index (χ4n) is 3.57. The summed E-state index contributed by atoms with van der Waals surface area (Å²) in [4.78, 5) is 37.3. The number of aromatic nitrogens is 2. The first-order chi connectivity index (χ1) is 14.0. The van der Waals surface area contributed by atoms with Gasteiger partial charge in [-0.25, -0.2) is 4.79 Å². The molecule has 1 aromatic carbocycles. The zero-order chi connectivity index (χ0) is 20.4. The van der Waals surface area contributed by atoms with E-state index in [1.54, 1.807) is 0 Å². The zero-order valence-corrected chi connectivity index (χ0v) is 16.7. The summed E-state index contributed by atoms with van der Waals surface area (Å²) in [5.74, 6) is -0.0786. The van der Waals surface area contributed by atoms with Gasteiger partial charge in [0.05, 0.1) is 5.75 Å². The van der Waals surface area contributed by atoms with Crippen molar-refractivity contribution in [3.05, 3.63) is 30.3 Å². The molecule has 10 heteroatoms. The Morgan fingerprint density at radius 2 is 2.00 bits per heavy atom. The Hall–Kier alpha value is -2.88. The van der Waals surface area contributed by atoms with Crippen LogP contribution in [0.3, 0.4) is 0 Å². The molecule has 2 N–H and O–H groups in total. The molecule has 4 amide bonds. The number of urea groups is 1. The number of nitrogens with one attached hydrogen (secondary N) is 2. The van der Waals surface area contributed by atoms with Crippen LogP contribution in [0.25, 0.3) is 11.5 Å². The first kappa shape index (κ1) is 19.4. The van der Waals surface area contributed by atoms with E-state index in [1.807, 2.05) is 30.3 Å². The third-order valence-corrected chi connectivity index (χ3v) is 6.10. The van der Waals surface area contributed by atoms with E-state index in [0.717, 1.165) is 35.2 Å². The third kappa shape index (κ3) is 3.98. The minimum Gasteiger partial charge on any atom is -0.411 e. The van der Waals surface area contributed by atoms with E-state index < -0.39 is 23.4 Å². The number of imide groups is 1. The van der Waals surface area contributed by atoms with E-state index in [4.69, 9.17) is 4.42 Å². The normalized spacial score (nSPS) is 24.0. The summed E-state index contributed by atoms with van der Waals surface area (Å²) in [6.07, 6.45) is 2.91. The number of carbonyl (C=O) groups excluding carboxylic acids is 3. The summed E-state index contributed by atoms with van der Waals surface area (Å²) in [6.45, 7) is 2.13. The molecule has 29 heavy (non-hydrogen) atoms. The van der Waals surface area contributed by atoms with Gasteiger partial charge in [0.15, 0.2) is 0 Å². The molecule has 1 aromatic heterocycles. The monoisotopic (exact) mass is 415 g/mol. The van der Waals surface area contributed by atoms with Crippen LogP contribution in [-0.2, 0) is 9.59 Å². The summed E-state index contributed by atoms with van der Waals surface area (Å²) < 4.78 is 5.53. The van der Waals surface area contributed by atoms with Gasteiger partial charge in [-0.15, -0.1) is 10.2 Å². The van der Waals surface area contributed by atoms with E-state index >= 15 is 0 Å². The number of carbonyl (C=O) groups is 3. The van der Waals surface area contributed by atoms with Gasteiger partial charge in [-0.1, -0.05) is 36.9 Å². The van der Waals surface area contributed by atoms with Crippen molar-refractivity contribution in [1.82, 2.24) is 25.9 Å². The highest BCUT2D eigenvalue weighted by Crippen LogP contribution is 2.35. The summed E-state index contributed by atoms with van der Waals surface area (Å²) in [7, 11) is 0. The molecule has 1 aliphatic carbocycles. The van der Waals surface area contributed by atoms with Crippen molar-refractivity contribution in [2.24, 2.45) is 5.92 Å². The lowest BCUT2D eigenvalue weighted by Crippen LogP contribution is -2.51. The molecule has 4 rings (SSSR count). The van der Waals surface area contributed by atoms with Gasteiger partial charge in [-0.2, -0.15) is 5.01 Å². The van der Waals surface area contributed by atoms with Gasteiger partial charge in [0.1, 0.15) is 5.54 Å². The first-order valence-corrected chi connectivity index (χ1v) is 10.4. The van der Waals surface area contributed by atoms with Crippen molar-refractivity contribution in [2.45, 2.75) is 43.4 Å². The molecule has 0 atom stereocenters. The predicted molar refractivity (Wildman–Crippen MR) is 104 cm³/mol. The Morgan fingerprint density at radius 3 is 2.72 bits per heavy atom. The Labute approximate surface area is 171 Å². The minimum atomic E-state index is -0.888. The number of thioether (sulfide) groups is 1. The molecule has 1 saturated heterocycles. The molecule has 9 nitrogen and oxygen atoms in total. The molecule has 0 radical (unpaired) electrons. The van der Waals surface area contributed by atoms with Crippen LogP contribution in [0.15, 0.2) is 40.0 Å². The fourth-order valence-corrected chi connectivity index (χ4v) is 4.12. The molecule has 1 aliphatic heterocycles. The Bertz CT molecular complexity index is 924. The molecule has 2 heterocycles. The van der Waals surface area contributed by atoms with Crippen LogP contribution in [0.4, 0.5) is 4.79 Å². The van der Waals surface area contributed by atoms with E-state index in [9.17, 15) is 14.4 Å². The second-order valence-electron chi connectivity index (χ2n) is 7.40. The van der Waals surface area contributed by atoms with Crippen LogP contribution in [0.1, 0.15) is 32.6 Å². The number of benzene rings is 1. The van der Waals surface area contributed by atoms with Gasteiger partial charge >= 0.3 is 6.03 Å².